The minimum absolute atomic E-state index is 0.0713. The summed E-state index contributed by atoms with van der Waals surface area (Å²) in [4.78, 5) is 11.4. The molecule has 15 heavy (non-hydrogen) atoms. The highest BCUT2D eigenvalue weighted by molar-refractivity contribution is 5.74. The number of carbonyl (C=O) groups is 1. The Bertz CT molecular complexity index is 201. The molecule has 1 fully saturated rings. The average Bonchev–Trinajstić information content (AvgIpc) is 2.66. The fraction of sp³-hybridized carbons (Fsp3) is 0.909. The standard InChI is InChI=1S/C11H22N2O2/c1-8(2)9(3)6-12-11(14)13-10-4-5-15-7-10/h8-10H,4-7H2,1-3H3,(H2,12,13,14). The largest absolute Gasteiger partial charge is 0.379 e. The van der Waals surface area contributed by atoms with Crippen molar-refractivity contribution in [3.63, 3.8) is 0 Å². The smallest absolute Gasteiger partial charge is 0.315 e. The third-order valence-electron chi connectivity index (χ3n) is 2.99. The maximum Gasteiger partial charge on any atom is 0.315 e. The molecular weight excluding hydrogens is 192 g/mol. The Morgan fingerprint density at radius 3 is 2.73 bits per heavy atom. The molecule has 0 radical (unpaired) electrons. The van der Waals surface area contributed by atoms with Gasteiger partial charge in [-0.2, -0.15) is 0 Å². The highest BCUT2D eigenvalue weighted by Crippen LogP contribution is 2.07. The Hall–Kier alpha value is -0.770. The van der Waals surface area contributed by atoms with Gasteiger partial charge >= 0.3 is 6.03 Å². The van der Waals surface area contributed by atoms with Crippen molar-refractivity contribution in [3.05, 3.63) is 0 Å². The van der Waals surface area contributed by atoms with Crippen LogP contribution in [-0.2, 0) is 4.74 Å². The van der Waals surface area contributed by atoms with Crippen LogP contribution in [0.25, 0.3) is 0 Å². The van der Waals surface area contributed by atoms with Crippen LogP contribution < -0.4 is 10.6 Å². The third-order valence-corrected chi connectivity index (χ3v) is 2.99. The number of carbonyl (C=O) groups excluding carboxylic acids is 1. The summed E-state index contributed by atoms with van der Waals surface area (Å²) in [5.74, 6) is 1.11. The van der Waals surface area contributed by atoms with Crippen molar-refractivity contribution in [3.8, 4) is 0 Å². The van der Waals surface area contributed by atoms with Gasteiger partial charge in [-0.15, -0.1) is 0 Å². The Balaban J connectivity index is 2.12. The first kappa shape index (κ1) is 12.3. The van der Waals surface area contributed by atoms with Gasteiger partial charge in [-0.1, -0.05) is 20.8 Å². The monoisotopic (exact) mass is 214 g/mol. The lowest BCUT2D eigenvalue weighted by Crippen LogP contribution is -2.44. The molecule has 0 aliphatic carbocycles. The van der Waals surface area contributed by atoms with E-state index in [1.165, 1.54) is 0 Å². The second-order valence-corrected chi connectivity index (χ2v) is 4.64. The van der Waals surface area contributed by atoms with Gasteiger partial charge in [-0.25, -0.2) is 4.79 Å². The Labute approximate surface area is 91.8 Å². The van der Waals surface area contributed by atoms with E-state index in [1.54, 1.807) is 0 Å². The number of ether oxygens (including phenoxy) is 1. The number of nitrogens with one attached hydrogen (secondary N) is 2. The molecule has 1 heterocycles. The maximum atomic E-state index is 11.4. The number of hydrogen-bond acceptors (Lipinski definition) is 2. The summed E-state index contributed by atoms with van der Waals surface area (Å²) in [6, 6.07) is 0.123. The van der Waals surface area contributed by atoms with Crippen molar-refractivity contribution in [1.82, 2.24) is 10.6 Å². The van der Waals surface area contributed by atoms with Gasteiger partial charge < -0.3 is 15.4 Å². The van der Waals surface area contributed by atoms with Crippen molar-refractivity contribution >= 4 is 6.03 Å². The lowest BCUT2D eigenvalue weighted by atomic mass is 9.98. The Morgan fingerprint density at radius 2 is 2.20 bits per heavy atom. The van der Waals surface area contributed by atoms with Gasteiger partial charge in [0.2, 0.25) is 0 Å². The molecule has 0 aromatic heterocycles. The second kappa shape index (κ2) is 5.95. The van der Waals surface area contributed by atoms with Crippen LogP contribution in [0.4, 0.5) is 4.79 Å². The van der Waals surface area contributed by atoms with Gasteiger partial charge in [0, 0.05) is 13.2 Å². The molecule has 1 saturated heterocycles. The molecule has 2 amide bonds. The molecule has 4 nitrogen and oxygen atoms in total. The normalized spacial score (nSPS) is 22.8. The highest BCUT2D eigenvalue weighted by Gasteiger charge is 2.17. The number of rotatable bonds is 4. The number of amides is 2. The molecule has 0 saturated carbocycles. The Morgan fingerprint density at radius 1 is 1.47 bits per heavy atom. The SMILES string of the molecule is CC(C)C(C)CNC(=O)NC1CCOC1. The fourth-order valence-electron chi connectivity index (χ4n) is 1.37. The molecule has 0 bridgehead atoms. The van der Waals surface area contributed by atoms with E-state index in [2.05, 4.69) is 31.4 Å². The van der Waals surface area contributed by atoms with E-state index in [4.69, 9.17) is 4.74 Å². The fourth-order valence-corrected chi connectivity index (χ4v) is 1.37. The van der Waals surface area contributed by atoms with Crippen LogP contribution in [0.3, 0.4) is 0 Å². The van der Waals surface area contributed by atoms with E-state index >= 15 is 0 Å². The van der Waals surface area contributed by atoms with Crippen molar-refractivity contribution in [2.75, 3.05) is 19.8 Å². The van der Waals surface area contributed by atoms with E-state index in [0.29, 0.717) is 18.4 Å². The van der Waals surface area contributed by atoms with Crippen LogP contribution in [0.5, 0.6) is 0 Å². The molecule has 4 heteroatoms. The molecule has 1 aliphatic heterocycles. The van der Waals surface area contributed by atoms with E-state index in [0.717, 1.165) is 19.6 Å². The molecule has 88 valence electrons. The molecular formula is C11H22N2O2. The molecule has 2 atom stereocenters. The number of hydrogen-bond donors (Lipinski definition) is 2. The summed E-state index contributed by atoms with van der Waals surface area (Å²) in [7, 11) is 0. The number of urea groups is 1. The maximum absolute atomic E-state index is 11.4. The summed E-state index contributed by atoms with van der Waals surface area (Å²) in [6.07, 6.45) is 0.924. The van der Waals surface area contributed by atoms with E-state index in [-0.39, 0.29) is 12.1 Å². The van der Waals surface area contributed by atoms with Crippen LogP contribution in [0.1, 0.15) is 27.2 Å². The molecule has 2 N–H and O–H groups in total. The minimum atomic E-state index is -0.0713. The predicted octanol–water partition coefficient (Wildman–Crippen LogP) is 1.37. The van der Waals surface area contributed by atoms with Crippen molar-refractivity contribution in [1.29, 1.82) is 0 Å². The van der Waals surface area contributed by atoms with E-state index < -0.39 is 0 Å². The first-order valence-electron chi connectivity index (χ1n) is 5.71. The van der Waals surface area contributed by atoms with Crippen LogP contribution in [0.2, 0.25) is 0 Å². The zero-order chi connectivity index (χ0) is 11.3. The minimum Gasteiger partial charge on any atom is -0.379 e. The summed E-state index contributed by atoms with van der Waals surface area (Å²) < 4.78 is 5.18. The zero-order valence-corrected chi connectivity index (χ0v) is 9.88. The van der Waals surface area contributed by atoms with Crippen molar-refractivity contribution < 1.29 is 9.53 Å². The van der Waals surface area contributed by atoms with E-state index in [9.17, 15) is 4.79 Å². The van der Waals surface area contributed by atoms with Gasteiger partial charge in [-0.3, -0.25) is 0 Å². The summed E-state index contributed by atoms with van der Waals surface area (Å²) >= 11 is 0. The van der Waals surface area contributed by atoms with Crippen LogP contribution >= 0.6 is 0 Å². The van der Waals surface area contributed by atoms with Crippen LogP contribution in [0, 0.1) is 11.8 Å². The lowest BCUT2D eigenvalue weighted by molar-refractivity contribution is 0.188. The molecule has 0 spiro atoms. The average molecular weight is 214 g/mol. The molecule has 0 aromatic rings. The Kier molecular flexibility index (Phi) is 4.88. The van der Waals surface area contributed by atoms with Crippen molar-refractivity contribution in [2.24, 2.45) is 11.8 Å². The first-order valence-corrected chi connectivity index (χ1v) is 5.71. The molecule has 0 aromatic carbocycles. The van der Waals surface area contributed by atoms with Gasteiger partial charge in [0.05, 0.1) is 12.6 Å². The molecule has 1 aliphatic rings. The zero-order valence-electron chi connectivity index (χ0n) is 9.88. The first-order chi connectivity index (χ1) is 7.09. The quantitative estimate of drug-likeness (QED) is 0.742. The lowest BCUT2D eigenvalue weighted by Gasteiger charge is -2.17. The van der Waals surface area contributed by atoms with Gasteiger partial charge in [0.25, 0.3) is 0 Å². The summed E-state index contributed by atoms with van der Waals surface area (Å²) in [5.41, 5.74) is 0. The van der Waals surface area contributed by atoms with Gasteiger partial charge in [-0.05, 0) is 18.3 Å². The second-order valence-electron chi connectivity index (χ2n) is 4.64. The molecule has 1 rings (SSSR count). The highest BCUT2D eigenvalue weighted by atomic mass is 16.5. The third kappa shape index (κ3) is 4.51. The van der Waals surface area contributed by atoms with Crippen molar-refractivity contribution in [2.45, 2.75) is 33.2 Å². The summed E-state index contributed by atoms with van der Waals surface area (Å²) in [5, 5.41) is 5.78. The predicted molar refractivity (Wildman–Crippen MR) is 59.8 cm³/mol. The molecule has 2 unspecified atom stereocenters. The topological polar surface area (TPSA) is 50.4 Å². The van der Waals surface area contributed by atoms with Crippen LogP contribution in [0.15, 0.2) is 0 Å². The van der Waals surface area contributed by atoms with Gasteiger partial charge in [0.15, 0.2) is 0 Å². The van der Waals surface area contributed by atoms with E-state index in [1.807, 2.05) is 0 Å². The summed E-state index contributed by atoms with van der Waals surface area (Å²) in [6.45, 7) is 8.60. The van der Waals surface area contributed by atoms with Crippen LogP contribution in [-0.4, -0.2) is 31.8 Å². The van der Waals surface area contributed by atoms with Gasteiger partial charge in [0.1, 0.15) is 0 Å².